The summed E-state index contributed by atoms with van der Waals surface area (Å²) in [6.07, 6.45) is 8.05. The molecular formula is C22H42N2O4S. The van der Waals surface area contributed by atoms with Crippen LogP contribution >= 0.6 is 0 Å². The predicted octanol–water partition coefficient (Wildman–Crippen LogP) is 4.17. The van der Waals surface area contributed by atoms with Crippen LogP contribution in [0.3, 0.4) is 0 Å². The standard InChI is InChI=1S/C22H42N2O4S/c1-21(2,3)19-11-16(10-17(12-19)20(25)26)13-22(4,5)18-8-6-15(7-9-18)14-24-29(23,27)28/h15-19,24H,6-14H2,1-5H3,(H,25,26)(H2,23,27,28). The van der Waals surface area contributed by atoms with E-state index < -0.39 is 16.2 Å². The molecule has 4 N–H and O–H groups in total. The van der Waals surface area contributed by atoms with Crippen LogP contribution in [0, 0.1) is 40.4 Å². The van der Waals surface area contributed by atoms with E-state index in [9.17, 15) is 18.3 Å². The largest absolute Gasteiger partial charge is 0.481 e. The first-order chi connectivity index (χ1) is 13.2. The van der Waals surface area contributed by atoms with E-state index in [1.54, 1.807) is 0 Å². The molecule has 0 aliphatic heterocycles. The molecule has 6 nitrogen and oxygen atoms in total. The predicted molar refractivity (Wildman–Crippen MR) is 116 cm³/mol. The Hall–Kier alpha value is -0.660. The van der Waals surface area contributed by atoms with Crippen molar-refractivity contribution in [3.05, 3.63) is 0 Å². The van der Waals surface area contributed by atoms with Crippen molar-refractivity contribution < 1.29 is 18.3 Å². The molecule has 0 amide bonds. The summed E-state index contributed by atoms with van der Waals surface area (Å²) in [6.45, 7) is 11.8. The van der Waals surface area contributed by atoms with Crippen LogP contribution in [-0.4, -0.2) is 26.0 Å². The molecular weight excluding hydrogens is 388 g/mol. The molecule has 0 aromatic heterocycles. The lowest BCUT2D eigenvalue weighted by atomic mass is 9.60. The van der Waals surface area contributed by atoms with E-state index >= 15 is 0 Å². The molecule has 170 valence electrons. The lowest BCUT2D eigenvalue weighted by Gasteiger charge is -2.45. The van der Waals surface area contributed by atoms with Gasteiger partial charge in [0.05, 0.1) is 5.92 Å². The molecule has 0 bridgehead atoms. The number of nitrogens with two attached hydrogens (primary N) is 1. The number of carboxylic acid groups (broad SMARTS) is 1. The van der Waals surface area contributed by atoms with Crippen molar-refractivity contribution >= 4 is 16.2 Å². The average Bonchev–Trinajstić information content (AvgIpc) is 2.58. The van der Waals surface area contributed by atoms with Crippen LogP contribution in [0.4, 0.5) is 0 Å². The van der Waals surface area contributed by atoms with E-state index in [-0.39, 0.29) is 16.7 Å². The molecule has 0 radical (unpaired) electrons. The summed E-state index contributed by atoms with van der Waals surface area (Å²) in [5, 5.41) is 14.7. The van der Waals surface area contributed by atoms with E-state index in [1.165, 1.54) is 0 Å². The summed E-state index contributed by atoms with van der Waals surface area (Å²) in [7, 11) is -3.61. The summed E-state index contributed by atoms with van der Waals surface area (Å²) >= 11 is 0. The van der Waals surface area contributed by atoms with Crippen LogP contribution in [0.25, 0.3) is 0 Å². The monoisotopic (exact) mass is 430 g/mol. The quantitative estimate of drug-likeness (QED) is 0.563. The molecule has 2 rings (SSSR count). The second-order valence-electron chi connectivity index (χ2n) is 11.5. The van der Waals surface area contributed by atoms with Gasteiger partial charge in [-0.15, -0.1) is 0 Å². The SMILES string of the molecule is CC(C)(C)C1CC(CC(C)(C)C2CCC(CNS(N)(=O)=O)CC2)CC(C(=O)O)C1. The molecule has 2 aliphatic carbocycles. The van der Waals surface area contributed by atoms with Crippen molar-refractivity contribution in [3.8, 4) is 0 Å². The highest BCUT2D eigenvalue weighted by atomic mass is 32.2. The van der Waals surface area contributed by atoms with Gasteiger partial charge in [0.25, 0.3) is 10.2 Å². The molecule has 3 unspecified atom stereocenters. The second-order valence-corrected chi connectivity index (χ2v) is 12.9. The Morgan fingerprint density at radius 3 is 2.03 bits per heavy atom. The normalized spacial score (nSPS) is 32.1. The molecule has 2 saturated carbocycles. The van der Waals surface area contributed by atoms with Crippen LogP contribution < -0.4 is 9.86 Å². The van der Waals surface area contributed by atoms with Crippen molar-refractivity contribution in [1.29, 1.82) is 0 Å². The third-order valence-corrected chi connectivity index (χ3v) is 8.29. The second kappa shape index (κ2) is 9.23. The van der Waals surface area contributed by atoms with Gasteiger partial charge in [0.1, 0.15) is 0 Å². The van der Waals surface area contributed by atoms with E-state index in [0.29, 0.717) is 30.2 Å². The number of carboxylic acids is 1. The first-order valence-electron chi connectivity index (χ1n) is 11.2. The first kappa shape index (κ1) is 24.6. The average molecular weight is 431 g/mol. The minimum absolute atomic E-state index is 0.144. The third-order valence-electron chi connectivity index (χ3n) is 7.72. The fourth-order valence-corrected chi connectivity index (χ4v) is 6.27. The third kappa shape index (κ3) is 7.51. The van der Waals surface area contributed by atoms with E-state index in [2.05, 4.69) is 39.3 Å². The van der Waals surface area contributed by atoms with Crippen LogP contribution in [0.5, 0.6) is 0 Å². The van der Waals surface area contributed by atoms with E-state index in [4.69, 9.17) is 5.14 Å². The Labute approximate surface area is 177 Å². The van der Waals surface area contributed by atoms with Gasteiger partial charge in [0.15, 0.2) is 0 Å². The van der Waals surface area contributed by atoms with Gasteiger partial charge in [-0.2, -0.15) is 8.42 Å². The zero-order valence-corrected chi connectivity index (χ0v) is 19.7. The fraction of sp³-hybridized carbons (Fsp3) is 0.955. The molecule has 3 atom stereocenters. The van der Waals surface area contributed by atoms with Crippen LogP contribution in [0.2, 0.25) is 0 Å². The molecule has 0 heterocycles. The molecule has 0 aromatic carbocycles. The maximum absolute atomic E-state index is 11.8. The fourth-order valence-electron chi connectivity index (χ4n) is 5.80. The minimum atomic E-state index is -3.61. The smallest absolute Gasteiger partial charge is 0.306 e. The van der Waals surface area contributed by atoms with Crippen LogP contribution in [-0.2, 0) is 15.0 Å². The molecule has 29 heavy (non-hydrogen) atoms. The van der Waals surface area contributed by atoms with Crippen molar-refractivity contribution in [2.75, 3.05) is 6.54 Å². The number of carbonyl (C=O) groups is 1. The van der Waals surface area contributed by atoms with Gasteiger partial charge in [-0.25, -0.2) is 9.86 Å². The van der Waals surface area contributed by atoms with Crippen LogP contribution in [0.15, 0.2) is 0 Å². The van der Waals surface area contributed by atoms with Gasteiger partial charge < -0.3 is 5.11 Å². The Morgan fingerprint density at radius 1 is 0.966 bits per heavy atom. The van der Waals surface area contributed by atoms with Gasteiger partial charge in [0.2, 0.25) is 0 Å². The summed E-state index contributed by atoms with van der Waals surface area (Å²) in [4.78, 5) is 11.8. The summed E-state index contributed by atoms with van der Waals surface area (Å²) in [5.41, 5.74) is 0.316. The Balaban J connectivity index is 1.94. The maximum atomic E-state index is 11.8. The number of aliphatic carboxylic acids is 1. The van der Waals surface area contributed by atoms with Crippen molar-refractivity contribution in [2.45, 2.75) is 86.0 Å². The summed E-state index contributed by atoms with van der Waals surface area (Å²) in [6, 6.07) is 0. The number of rotatable bonds is 7. The lowest BCUT2D eigenvalue weighted by Crippen LogP contribution is -2.39. The molecule has 0 saturated heterocycles. The van der Waals surface area contributed by atoms with Gasteiger partial charge in [0, 0.05) is 6.54 Å². The highest BCUT2D eigenvalue weighted by molar-refractivity contribution is 7.87. The Morgan fingerprint density at radius 2 is 1.55 bits per heavy atom. The van der Waals surface area contributed by atoms with Crippen LogP contribution in [0.1, 0.15) is 86.0 Å². The van der Waals surface area contributed by atoms with E-state index in [0.717, 1.165) is 51.4 Å². The first-order valence-corrected chi connectivity index (χ1v) is 12.7. The highest BCUT2D eigenvalue weighted by Gasteiger charge is 2.41. The molecule has 0 aromatic rings. The Kier molecular flexibility index (Phi) is 7.83. The zero-order chi connectivity index (χ0) is 22.0. The highest BCUT2D eigenvalue weighted by Crippen LogP contribution is 2.49. The van der Waals surface area contributed by atoms with Crippen molar-refractivity contribution in [1.82, 2.24) is 4.72 Å². The van der Waals surface area contributed by atoms with Gasteiger partial charge in [-0.3, -0.25) is 4.79 Å². The van der Waals surface area contributed by atoms with Gasteiger partial charge in [-0.1, -0.05) is 34.6 Å². The van der Waals surface area contributed by atoms with Gasteiger partial charge in [-0.05, 0) is 85.9 Å². The lowest BCUT2D eigenvalue weighted by molar-refractivity contribution is -0.145. The maximum Gasteiger partial charge on any atom is 0.306 e. The minimum Gasteiger partial charge on any atom is -0.481 e. The number of hydrogen-bond donors (Lipinski definition) is 3. The van der Waals surface area contributed by atoms with Gasteiger partial charge >= 0.3 is 5.97 Å². The zero-order valence-electron chi connectivity index (χ0n) is 18.9. The number of hydrogen-bond acceptors (Lipinski definition) is 3. The Bertz CT molecular complexity index is 661. The summed E-state index contributed by atoms with van der Waals surface area (Å²) in [5.74, 6) is 1.03. The molecule has 0 spiro atoms. The van der Waals surface area contributed by atoms with E-state index in [1.807, 2.05) is 0 Å². The number of nitrogens with one attached hydrogen (secondary N) is 1. The molecule has 7 heteroatoms. The van der Waals surface area contributed by atoms with Crippen molar-refractivity contribution in [3.63, 3.8) is 0 Å². The molecule has 2 aliphatic rings. The summed E-state index contributed by atoms with van der Waals surface area (Å²) < 4.78 is 24.7. The molecule has 2 fully saturated rings. The topological polar surface area (TPSA) is 109 Å². The van der Waals surface area contributed by atoms with Crippen molar-refractivity contribution in [2.24, 2.45) is 45.6 Å².